The van der Waals surface area contributed by atoms with Gasteiger partial charge in [0.1, 0.15) is 0 Å². The number of ketones is 1. The maximum absolute atomic E-state index is 13.6. The molecule has 2 aromatic carbocycles. The van der Waals surface area contributed by atoms with Crippen molar-refractivity contribution < 1.29 is 18.0 Å². The van der Waals surface area contributed by atoms with Gasteiger partial charge in [-0.3, -0.25) is 4.79 Å². The molecule has 0 bridgehead atoms. The molecule has 0 radical (unpaired) electrons. The minimum Gasteiger partial charge on any atom is -0.361 e. The van der Waals surface area contributed by atoms with Crippen molar-refractivity contribution in [2.45, 2.75) is 76.0 Å². The third kappa shape index (κ3) is 4.23. The predicted molar refractivity (Wildman–Crippen MR) is 145 cm³/mol. The van der Waals surface area contributed by atoms with Gasteiger partial charge in [-0.15, -0.1) is 0 Å². The van der Waals surface area contributed by atoms with Gasteiger partial charge in [-0.2, -0.15) is 4.79 Å². The van der Waals surface area contributed by atoms with Gasteiger partial charge >= 0.3 is 5.71 Å². The first-order chi connectivity index (χ1) is 17.5. The molecule has 3 atom stereocenters. The fourth-order valence-corrected chi connectivity index (χ4v) is 8.56. The van der Waals surface area contributed by atoms with E-state index in [0.717, 1.165) is 32.1 Å². The van der Waals surface area contributed by atoms with Gasteiger partial charge in [0, 0.05) is 23.7 Å². The minimum atomic E-state index is -3.88. The molecule has 1 saturated carbocycles. The third-order valence-electron chi connectivity index (χ3n) is 9.18. The number of carbonyl (C=O) groups excluding carboxylic acids is 1. The summed E-state index contributed by atoms with van der Waals surface area (Å²) >= 11 is 0. The van der Waals surface area contributed by atoms with Crippen molar-refractivity contribution in [3.05, 3.63) is 75.8 Å². The third-order valence-corrected chi connectivity index (χ3v) is 10.6. The summed E-state index contributed by atoms with van der Waals surface area (Å²) < 4.78 is 30.0. The second-order valence-corrected chi connectivity index (χ2v) is 13.5. The molecule has 2 aromatic rings. The van der Waals surface area contributed by atoms with Crippen molar-refractivity contribution >= 4 is 27.6 Å². The summed E-state index contributed by atoms with van der Waals surface area (Å²) in [6, 6.07) is 11.6. The topological polar surface area (TPSA) is 99.6 Å². The van der Waals surface area contributed by atoms with Crippen molar-refractivity contribution in [3.8, 4) is 0 Å². The van der Waals surface area contributed by atoms with Crippen LogP contribution in [0.2, 0.25) is 0 Å². The van der Waals surface area contributed by atoms with Crippen LogP contribution in [-0.2, 0) is 21.9 Å². The number of hydrogen-bond donors (Lipinski definition) is 1. The molecule has 3 aliphatic carbocycles. The molecular weight excluding hydrogens is 482 g/mol. The van der Waals surface area contributed by atoms with Crippen LogP contribution in [0.4, 0.5) is 0 Å². The number of benzene rings is 2. The van der Waals surface area contributed by atoms with Crippen LogP contribution < -0.4 is 4.72 Å². The summed E-state index contributed by atoms with van der Waals surface area (Å²) in [6.45, 7) is 9.42. The lowest BCUT2D eigenvalue weighted by Gasteiger charge is -2.55. The number of nitrogens with zero attached hydrogens (tertiary/aromatic N) is 2. The Balaban J connectivity index is 1.43. The summed E-state index contributed by atoms with van der Waals surface area (Å²) in [6.07, 6.45) is 8.08. The summed E-state index contributed by atoms with van der Waals surface area (Å²) in [5, 5.41) is 0. The average molecular weight is 518 g/mol. The molecule has 194 valence electrons. The molecule has 0 amide bonds. The number of hydrogen-bond acceptors (Lipinski definition) is 3. The first-order valence-electron chi connectivity index (χ1n) is 13.2. The molecule has 6 nitrogen and oxygen atoms in total. The van der Waals surface area contributed by atoms with Gasteiger partial charge in [0.25, 0.3) is 5.78 Å². The van der Waals surface area contributed by atoms with Gasteiger partial charge in [-0.25, -0.2) is 13.1 Å². The molecule has 1 N–H and O–H groups in total. The maximum atomic E-state index is 13.6. The molecule has 5 rings (SSSR count). The van der Waals surface area contributed by atoms with Gasteiger partial charge in [0.2, 0.25) is 10.0 Å². The summed E-state index contributed by atoms with van der Waals surface area (Å²) in [4.78, 5) is 15.7. The van der Waals surface area contributed by atoms with Crippen molar-refractivity contribution in [3.63, 3.8) is 0 Å². The number of aryl methyl sites for hydroxylation is 1. The van der Waals surface area contributed by atoms with E-state index in [1.807, 2.05) is 0 Å². The molecule has 3 aliphatic rings. The zero-order valence-corrected chi connectivity index (χ0v) is 22.9. The van der Waals surface area contributed by atoms with Crippen LogP contribution in [0.25, 0.3) is 11.6 Å². The highest BCUT2D eigenvalue weighted by Gasteiger charge is 2.52. The minimum absolute atomic E-state index is 0.0165. The van der Waals surface area contributed by atoms with E-state index >= 15 is 0 Å². The van der Waals surface area contributed by atoms with E-state index < -0.39 is 15.8 Å². The number of rotatable bonds is 5. The monoisotopic (exact) mass is 517 g/mol. The van der Waals surface area contributed by atoms with Crippen molar-refractivity contribution in [1.82, 2.24) is 4.72 Å². The summed E-state index contributed by atoms with van der Waals surface area (Å²) in [7, 11) is -3.88. The van der Waals surface area contributed by atoms with Crippen LogP contribution in [0.5, 0.6) is 0 Å². The largest absolute Gasteiger partial charge is 0.362 e. The van der Waals surface area contributed by atoms with Crippen LogP contribution in [0.3, 0.4) is 0 Å². The molecule has 0 aromatic heterocycles. The van der Waals surface area contributed by atoms with Crippen LogP contribution in [0, 0.1) is 11.3 Å². The Morgan fingerprint density at radius 1 is 1.14 bits per heavy atom. The Hall–Kier alpha value is -2.86. The van der Waals surface area contributed by atoms with Gasteiger partial charge in [-0.1, -0.05) is 64.4 Å². The molecular formula is C30H35N3O3S. The maximum Gasteiger partial charge on any atom is 0.362 e. The van der Waals surface area contributed by atoms with E-state index in [-0.39, 0.29) is 27.0 Å². The van der Waals surface area contributed by atoms with Gasteiger partial charge in [-0.05, 0) is 77.2 Å². The summed E-state index contributed by atoms with van der Waals surface area (Å²) in [5.74, 6) is 0.370. The second-order valence-electron chi connectivity index (χ2n) is 11.8. The SMILES string of the molecule is CC(C)c1ccc2c(c1)CCC1C(C)(CNS(=O)(=O)c3cccc4c3C=CC(=[N+]=[N-])C4=O)CCCC21C. The zero-order valence-electron chi connectivity index (χ0n) is 22.0. The molecule has 37 heavy (non-hydrogen) atoms. The first-order valence-corrected chi connectivity index (χ1v) is 14.7. The van der Waals surface area contributed by atoms with Crippen LogP contribution in [0.1, 0.15) is 91.9 Å². The van der Waals surface area contributed by atoms with E-state index in [2.05, 4.69) is 55.4 Å². The van der Waals surface area contributed by atoms with Crippen LogP contribution in [0.15, 0.2) is 47.4 Å². The second kappa shape index (κ2) is 9.16. The standard InChI is InChI=1S/C30H35N3O3S/c1-19(2)20-9-12-24-21(17-20)10-14-27-29(3,15-6-16-30(24,27)4)18-32-37(35,36)26-8-5-7-23-22(26)11-13-25(33-31)28(23)34/h5,7-9,11-13,17,19,27,32H,6,10,14-16,18H2,1-4H3. The first kappa shape index (κ1) is 25.8. The average Bonchev–Trinajstić information content (AvgIpc) is 2.87. The Morgan fingerprint density at radius 3 is 2.65 bits per heavy atom. The Bertz CT molecular complexity index is 1470. The van der Waals surface area contributed by atoms with Gasteiger partial charge in [0.15, 0.2) is 0 Å². The van der Waals surface area contributed by atoms with Gasteiger partial charge in [0.05, 0.1) is 4.90 Å². The Morgan fingerprint density at radius 2 is 1.92 bits per heavy atom. The Kier molecular flexibility index (Phi) is 6.38. The van der Waals surface area contributed by atoms with E-state index in [9.17, 15) is 13.2 Å². The molecule has 0 aliphatic heterocycles. The number of allylic oxidation sites excluding steroid dienone is 1. The van der Waals surface area contributed by atoms with Crippen LogP contribution in [-0.4, -0.2) is 31.2 Å². The Labute approximate surface area is 219 Å². The van der Waals surface area contributed by atoms with Crippen molar-refractivity contribution in [1.29, 1.82) is 0 Å². The molecule has 0 saturated heterocycles. The molecule has 1 fully saturated rings. The van der Waals surface area contributed by atoms with Crippen LogP contribution >= 0.6 is 0 Å². The fraction of sp³-hybridized carbons (Fsp3) is 0.467. The highest BCUT2D eigenvalue weighted by Crippen LogP contribution is 2.57. The number of sulfonamides is 1. The van der Waals surface area contributed by atoms with E-state index in [4.69, 9.17) is 5.53 Å². The number of nitrogens with one attached hydrogen (secondary N) is 1. The number of fused-ring (bicyclic) bond motifs is 4. The number of carbonyl (C=O) groups is 1. The highest BCUT2D eigenvalue weighted by atomic mass is 32.2. The van der Waals surface area contributed by atoms with E-state index in [0.29, 0.717) is 23.9 Å². The lowest BCUT2D eigenvalue weighted by Crippen LogP contribution is -2.53. The lowest BCUT2D eigenvalue weighted by atomic mass is 9.50. The molecule has 3 unspecified atom stereocenters. The van der Waals surface area contributed by atoms with E-state index in [1.54, 1.807) is 12.1 Å². The fourth-order valence-electron chi connectivity index (χ4n) is 7.16. The van der Waals surface area contributed by atoms with Gasteiger partial charge < -0.3 is 5.53 Å². The van der Waals surface area contributed by atoms with Crippen molar-refractivity contribution in [2.24, 2.45) is 11.3 Å². The highest BCUT2D eigenvalue weighted by molar-refractivity contribution is 7.89. The summed E-state index contributed by atoms with van der Waals surface area (Å²) in [5.41, 5.74) is 13.6. The van der Waals surface area contributed by atoms with E-state index in [1.165, 1.54) is 34.9 Å². The van der Waals surface area contributed by atoms with Crippen molar-refractivity contribution in [2.75, 3.05) is 6.54 Å². The zero-order chi connectivity index (χ0) is 26.6. The molecule has 0 spiro atoms. The molecule has 0 heterocycles. The number of Topliss-reactive ketones (excluding diaryl/α,β-unsaturated/α-hetero) is 1. The quantitative estimate of drug-likeness (QED) is 0.408. The molecule has 7 heteroatoms. The normalized spacial score (nSPS) is 26.9. The predicted octanol–water partition coefficient (Wildman–Crippen LogP) is 5.68. The lowest BCUT2D eigenvalue weighted by molar-refractivity contribution is -0.00436. The smallest absolute Gasteiger partial charge is 0.361 e.